The lowest BCUT2D eigenvalue weighted by molar-refractivity contribution is 0.0958. The molecule has 1 saturated carbocycles. The number of nitrogens with two attached hydrogens (primary N) is 1. The van der Waals surface area contributed by atoms with Crippen LogP contribution in [0.1, 0.15) is 29.8 Å². The van der Waals surface area contributed by atoms with Gasteiger partial charge < -0.3 is 16.0 Å². The lowest BCUT2D eigenvalue weighted by Crippen LogP contribution is -2.30. The summed E-state index contributed by atoms with van der Waals surface area (Å²) in [7, 11) is 1.59. The molecule has 2 rings (SSSR count). The highest BCUT2D eigenvalue weighted by Crippen LogP contribution is 2.31. The van der Waals surface area contributed by atoms with Gasteiger partial charge in [-0.3, -0.25) is 15.2 Å². The largest absolute Gasteiger partial charge is 0.388 e. The normalized spacial score (nSPS) is 13.9. The Kier molecular flexibility index (Phi) is 3.99. The van der Waals surface area contributed by atoms with Crippen molar-refractivity contribution in [3.63, 3.8) is 0 Å². The van der Waals surface area contributed by atoms with Gasteiger partial charge in [-0.25, -0.2) is 0 Å². The zero-order valence-electron chi connectivity index (χ0n) is 11.0. The van der Waals surface area contributed by atoms with Gasteiger partial charge in [0.1, 0.15) is 5.69 Å². The first-order valence-electron chi connectivity index (χ1n) is 6.39. The Labute approximate surface area is 112 Å². The average molecular weight is 261 g/mol. The van der Waals surface area contributed by atoms with Crippen molar-refractivity contribution in [3.05, 3.63) is 24.0 Å². The third-order valence-corrected chi connectivity index (χ3v) is 3.14. The first-order valence-corrected chi connectivity index (χ1v) is 6.39. The molecule has 4 N–H and O–H groups in total. The maximum absolute atomic E-state index is 11.6. The predicted octanol–water partition coefficient (Wildman–Crippen LogP) is 0.736. The smallest absolute Gasteiger partial charge is 0.269 e. The van der Waals surface area contributed by atoms with Crippen LogP contribution in [-0.2, 0) is 0 Å². The highest BCUT2D eigenvalue weighted by molar-refractivity contribution is 5.92. The van der Waals surface area contributed by atoms with Crippen LogP contribution in [0.3, 0.4) is 0 Å². The number of hydrogen-bond donors (Lipinski definition) is 3. The SMILES string of the molecule is CNC(=O)c1cc(N(CCC(=N)N)C2CC2)ccn1. The summed E-state index contributed by atoms with van der Waals surface area (Å²) in [6.07, 6.45) is 4.47. The van der Waals surface area contributed by atoms with Gasteiger partial charge in [0.05, 0.1) is 5.84 Å². The summed E-state index contributed by atoms with van der Waals surface area (Å²) in [6.45, 7) is 0.706. The Bertz CT molecular complexity index is 484. The monoisotopic (exact) mass is 261 g/mol. The molecule has 0 saturated heterocycles. The Balaban J connectivity index is 2.16. The zero-order chi connectivity index (χ0) is 13.8. The van der Waals surface area contributed by atoms with Crippen molar-refractivity contribution < 1.29 is 4.79 Å². The average Bonchev–Trinajstić information content (AvgIpc) is 3.23. The number of hydrogen-bond acceptors (Lipinski definition) is 4. The first kappa shape index (κ1) is 13.3. The second-order valence-electron chi connectivity index (χ2n) is 4.68. The highest BCUT2D eigenvalue weighted by atomic mass is 16.1. The molecule has 1 aromatic heterocycles. The molecule has 19 heavy (non-hydrogen) atoms. The summed E-state index contributed by atoms with van der Waals surface area (Å²) in [4.78, 5) is 17.9. The Hall–Kier alpha value is -2.11. The van der Waals surface area contributed by atoms with Crippen LogP contribution in [0.15, 0.2) is 18.3 Å². The number of aromatic nitrogens is 1. The molecule has 0 aliphatic heterocycles. The van der Waals surface area contributed by atoms with E-state index in [9.17, 15) is 4.79 Å². The third-order valence-electron chi connectivity index (χ3n) is 3.14. The minimum Gasteiger partial charge on any atom is -0.388 e. The first-order chi connectivity index (χ1) is 9.11. The van der Waals surface area contributed by atoms with Crippen molar-refractivity contribution in [1.29, 1.82) is 5.41 Å². The number of pyridine rings is 1. The van der Waals surface area contributed by atoms with Gasteiger partial charge in [0.25, 0.3) is 5.91 Å². The molecule has 0 radical (unpaired) electrons. The molecule has 0 atom stereocenters. The minimum atomic E-state index is -0.191. The fraction of sp³-hybridized carbons (Fsp3) is 0.462. The number of amidine groups is 1. The van der Waals surface area contributed by atoms with Crippen molar-refractivity contribution in [2.24, 2.45) is 5.73 Å². The topological polar surface area (TPSA) is 95.1 Å². The highest BCUT2D eigenvalue weighted by Gasteiger charge is 2.29. The van der Waals surface area contributed by atoms with E-state index in [1.54, 1.807) is 19.3 Å². The molecule has 0 unspecified atom stereocenters. The fourth-order valence-corrected chi connectivity index (χ4v) is 2.00. The van der Waals surface area contributed by atoms with Gasteiger partial charge in [0, 0.05) is 37.9 Å². The van der Waals surface area contributed by atoms with E-state index < -0.39 is 0 Å². The van der Waals surface area contributed by atoms with Crippen LogP contribution < -0.4 is 16.0 Å². The van der Waals surface area contributed by atoms with E-state index in [0.29, 0.717) is 24.7 Å². The molecule has 0 aromatic carbocycles. The van der Waals surface area contributed by atoms with Crippen molar-refractivity contribution in [3.8, 4) is 0 Å². The number of nitrogens with zero attached hydrogens (tertiary/aromatic N) is 2. The molecule has 6 heteroatoms. The maximum Gasteiger partial charge on any atom is 0.269 e. The van der Waals surface area contributed by atoms with Crippen LogP contribution in [0.25, 0.3) is 0 Å². The number of carbonyl (C=O) groups is 1. The zero-order valence-corrected chi connectivity index (χ0v) is 11.0. The molecule has 1 aliphatic carbocycles. The van der Waals surface area contributed by atoms with Gasteiger partial charge in [-0.1, -0.05) is 0 Å². The van der Waals surface area contributed by atoms with Crippen molar-refractivity contribution in [2.45, 2.75) is 25.3 Å². The number of amides is 1. The second kappa shape index (κ2) is 5.69. The molecule has 1 aliphatic rings. The van der Waals surface area contributed by atoms with Crippen molar-refractivity contribution in [2.75, 3.05) is 18.5 Å². The number of anilines is 1. The fourth-order valence-electron chi connectivity index (χ4n) is 2.00. The molecule has 1 heterocycles. The minimum absolute atomic E-state index is 0.186. The quantitative estimate of drug-likeness (QED) is 0.520. The number of rotatable bonds is 6. The van der Waals surface area contributed by atoms with Crippen LogP contribution >= 0.6 is 0 Å². The molecule has 0 bridgehead atoms. The van der Waals surface area contributed by atoms with E-state index in [4.69, 9.17) is 11.1 Å². The Morgan fingerprint density at radius 1 is 1.63 bits per heavy atom. The van der Waals surface area contributed by atoms with Crippen LogP contribution in [0.4, 0.5) is 5.69 Å². The van der Waals surface area contributed by atoms with E-state index in [0.717, 1.165) is 18.5 Å². The molecule has 1 aromatic rings. The summed E-state index contributed by atoms with van der Waals surface area (Å²) in [5.41, 5.74) is 6.80. The lowest BCUT2D eigenvalue weighted by atomic mass is 10.2. The van der Waals surface area contributed by atoms with Crippen molar-refractivity contribution in [1.82, 2.24) is 10.3 Å². The Morgan fingerprint density at radius 3 is 2.95 bits per heavy atom. The second-order valence-corrected chi connectivity index (χ2v) is 4.68. The number of carbonyl (C=O) groups excluding carboxylic acids is 1. The van der Waals surface area contributed by atoms with E-state index in [2.05, 4.69) is 15.2 Å². The predicted molar refractivity (Wildman–Crippen MR) is 74.5 cm³/mol. The van der Waals surface area contributed by atoms with Crippen molar-refractivity contribution >= 4 is 17.4 Å². The Morgan fingerprint density at radius 2 is 2.37 bits per heavy atom. The molecule has 0 spiro atoms. The van der Waals surface area contributed by atoms with E-state index >= 15 is 0 Å². The molecule has 1 fully saturated rings. The van der Waals surface area contributed by atoms with Gasteiger partial charge in [-0.2, -0.15) is 0 Å². The van der Waals surface area contributed by atoms with Gasteiger partial charge in [0.2, 0.25) is 0 Å². The van der Waals surface area contributed by atoms with Crippen LogP contribution in [0.5, 0.6) is 0 Å². The summed E-state index contributed by atoms with van der Waals surface area (Å²) >= 11 is 0. The summed E-state index contributed by atoms with van der Waals surface area (Å²) < 4.78 is 0. The third kappa shape index (κ3) is 3.43. The molecule has 102 valence electrons. The maximum atomic E-state index is 11.6. The molecular formula is C13H19N5O. The van der Waals surface area contributed by atoms with Gasteiger partial charge in [-0.15, -0.1) is 0 Å². The lowest BCUT2D eigenvalue weighted by Gasteiger charge is -2.24. The van der Waals surface area contributed by atoms with Gasteiger partial charge in [0.15, 0.2) is 0 Å². The van der Waals surface area contributed by atoms with E-state index in [-0.39, 0.29) is 11.7 Å². The van der Waals surface area contributed by atoms with Gasteiger partial charge in [-0.05, 0) is 25.0 Å². The van der Waals surface area contributed by atoms with E-state index in [1.807, 2.05) is 6.07 Å². The molecular weight excluding hydrogens is 242 g/mol. The summed E-state index contributed by atoms with van der Waals surface area (Å²) in [5, 5.41) is 9.89. The van der Waals surface area contributed by atoms with E-state index in [1.165, 1.54) is 0 Å². The summed E-state index contributed by atoms with van der Waals surface area (Å²) in [5.74, 6) is -0.00426. The van der Waals surface area contributed by atoms with Gasteiger partial charge >= 0.3 is 0 Å². The van der Waals surface area contributed by atoms with Crippen LogP contribution in [0, 0.1) is 5.41 Å². The molecule has 1 amide bonds. The molecule has 6 nitrogen and oxygen atoms in total. The number of nitrogens with one attached hydrogen (secondary N) is 2. The van der Waals surface area contributed by atoms with Crippen LogP contribution in [-0.4, -0.2) is 36.4 Å². The summed E-state index contributed by atoms with van der Waals surface area (Å²) in [6, 6.07) is 4.18. The van der Waals surface area contributed by atoms with Crippen LogP contribution in [0.2, 0.25) is 0 Å². The standard InChI is InChI=1S/C13H19N5O/c1-16-13(19)11-8-10(4-6-17-11)18(9-2-3-9)7-5-12(14)15/h4,6,8-9H,2-3,5,7H2,1H3,(H3,14,15)(H,16,19).